The van der Waals surface area contributed by atoms with Crippen LogP contribution in [0.5, 0.6) is 0 Å². The van der Waals surface area contributed by atoms with Crippen molar-refractivity contribution in [1.82, 2.24) is 4.90 Å². The number of carbonyl (C=O) groups excluding carboxylic acids is 1. The molecule has 1 aliphatic heterocycles. The van der Waals surface area contributed by atoms with Crippen LogP contribution in [0.2, 0.25) is 5.02 Å². The van der Waals surface area contributed by atoms with Crippen LogP contribution in [0, 0.1) is 5.82 Å². The fourth-order valence-electron chi connectivity index (χ4n) is 3.03. The molecule has 7 heteroatoms. The third-order valence-corrected chi connectivity index (χ3v) is 4.73. The second kappa shape index (κ2) is 8.01. The van der Waals surface area contributed by atoms with E-state index in [1.807, 2.05) is 18.2 Å². The molecule has 1 fully saturated rings. The zero-order valence-electron chi connectivity index (χ0n) is 13.8. The highest BCUT2D eigenvalue weighted by Crippen LogP contribution is 2.28. The lowest BCUT2D eigenvalue weighted by molar-refractivity contribution is 0.0631. The highest BCUT2D eigenvalue weighted by molar-refractivity contribution is 6.30. The summed E-state index contributed by atoms with van der Waals surface area (Å²) in [5, 5.41) is 10.0. The maximum absolute atomic E-state index is 14.1. The van der Waals surface area contributed by atoms with E-state index in [4.69, 9.17) is 16.3 Å². The van der Waals surface area contributed by atoms with Gasteiger partial charge in [-0.1, -0.05) is 54.1 Å². The number of hydrogen-bond acceptors (Lipinski definition) is 3. The van der Waals surface area contributed by atoms with Gasteiger partial charge in [-0.15, -0.1) is 0 Å². The molecule has 1 N–H and O–H groups in total. The van der Waals surface area contributed by atoms with Gasteiger partial charge in [0.1, 0.15) is 24.7 Å². The van der Waals surface area contributed by atoms with Gasteiger partial charge in [0.2, 0.25) is 0 Å². The number of benzene rings is 2. The minimum absolute atomic E-state index is 0.0292. The molecule has 0 radical (unpaired) electrons. The number of halogens is 3. The normalized spacial score (nSPS) is 22.5. The molecule has 1 amide bonds. The summed E-state index contributed by atoms with van der Waals surface area (Å²) in [5.41, 5.74) is 0.992. The van der Waals surface area contributed by atoms with Crippen molar-refractivity contribution in [2.24, 2.45) is 0 Å². The minimum atomic E-state index is -1.62. The Labute approximate surface area is 155 Å². The first-order chi connectivity index (χ1) is 12.5. The number of aliphatic hydroxyl groups is 1. The van der Waals surface area contributed by atoms with E-state index in [0.29, 0.717) is 0 Å². The van der Waals surface area contributed by atoms with Gasteiger partial charge in [0, 0.05) is 0 Å². The van der Waals surface area contributed by atoms with E-state index in [0.717, 1.165) is 10.5 Å². The average molecular weight is 382 g/mol. The number of carbonyl (C=O) groups is 1. The van der Waals surface area contributed by atoms with Crippen molar-refractivity contribution < 1.29 is 23.4 Å². The lowest BCUT2D eigenvalue weighted by Gasteiger charge is -2.25. The van der Waals surface area contributed by atoms with E-state index in [2.05, 4.69) is 0 Å². The van der Waals surface area contributed by atoms with Crippen LogP contribution in [-0.4, -0.2) is 41.0 Å². The van der Waals surface area contributed by atoms with Gasteiger partial charge in [-0.3, -0.25) is 4.90 Å². The molecule has 0 bridgehead atoms. The van der Waals surface area contributed by atoms with Crippen LogP contribution in [0.1, 0.15) is 11.1 Å². The molecule has 2 aromatic carbocycles. The lowest BCUT2D eigenvalue weighted by Crippen LogP contribution is -2.41. The van der Waals surface area contributed by atoms with E-state index in [1.54, 1.807) is 18.2 Å². The van der Waals surface area contributed by atoms with Crippen molar-refractivity contribution in [2.75, 3.05) is 6.54 Å². The summed E-state index contributed by atoms with van der Waals surface area (Å²) < 4.78 is 33.4. The Balaban J connectivity index is 1.72. The third-order valence-electron chi connectivity index (χ3n) is 4.44. The van der Waals surface area contributed by atoms with Crippen LogP contribution in [0.3, 0.4) is 0 Å². The van der Waals surface area contributed by atoms with Crippen LogP contribution in [-0.2, 0) is 17.8 Å². The smallest absolute Gasteiger partial charge is 0.410 e. The largest absolute Gasteiger partial charge is 0.445 e. The first-order valence-corrected chi connectivity index (χ1v) is 8.57. The fraction of sp³-hybridized carbons (Fsp3) is 0.316. The Kier molecular flexibility index (Phi) is 5.74. The molecule has 1 aliphatic rings. The summed E-state index contributed by atoms with van der Waals surface area (Å²) in [4.78, 5) is 13.5. The Bertz CT molecular complexity index is 775. The van der Waals surface area contributed by atoms with Crippen LogP contribution in [0.25, 0.3) is 0 Å². The van der Waals surface area contributed by atoms with Gasteiger partial charge in [-0.2, -0.15) is 0 Å². The van der Waals surface area contributed by atoms with Crippen LogP contribution >= 0.6 is 11.6 Å². The Morgan fingerprint density at radius 1 is 1.23 bits per heavy atom. The molecular weight excluding hydrogens is 364 g/mol. The van der Waals surface area contributed by atoms with Gasteiger partial charge in [0.15, 0.2) is 0 Å². The van der Waals surface area contributed by atoms with Crippen molar-refractivity contribution in [3.8, 4) is 0 Å². The summed E-state index contributed by atoms with van der Waals surface area (Å²) in [5.74, 6) is -0.638. The van der Waals surface area contributed by atoms with E-state index in [9.17, 15) is 18.7 Å². The maximum Gasteiger partial charge on any atom is 0.410 e. The number of hydrogen-bond donors (Lipinski definition) is 1. The van der Waals surface area contributed by atoms with Crippen molar-refractivity contribution in [1.29, 1.82) is 0 Å². The van der Waals surface area contributed by atoms with E-state index in [1.165, 1.54) is 12.1 Å². The van der Waals surface area contributed by atoms with Crippen LogP contribution < -0.4 is 0 Å². The minimum Gasteiger partial charge on any atom is -0.445 e. The van der Waals surface area contributed by atoms with Crippen molar-refractivity contribution in [3.63, 3.8) is 0 Å². The van der Waals surface area contributed by atoms with Crippen molar-refractivity contribution >= 4 is 17.7 Å². The number of nitrogens with zero attached hydrogens (tertiary/aromatic N) is 1. The van der Waals surface area contributed by atoms with Crippen LogP contribution in [0.4, 0.5) is 13.6 Å². The molecule has 26 heavy (non-hydrogen) atoms. The highest BCUT2D eigenvalue weighted by Gasteiger charge is 2.44. The number of alkyl halides is 1. The summed E-state index contributed by atoms with van der Waals surface area (Å²) in [6.07, 6.45) is -3.85. The van der Waals surface area contributed by atoms with Crippen molar-refractivity contribution in [2.45, 2.75) is 31.3 Å². The number of rotatable bonds is 4. The monoisotopic (exact) mass is 381 g/mol. The number of amides is 1. The summed E-state index contributed by atoms with van der Waals surface area (Å²) >= 11 is 5.76. The number of aliphatic hydroxyl groups excluding tert-OH is 1. The number of ether oxygens (including phenoxy) is 1. The molecule has 4 nitrogen and oxygen atoms in total. The highest BCUT2D eigenvalue weighted by atomic mass is 35.5. The molecule has 2 aromatic rings. The average Bonchev–Trinajstić information content (AvgIpc) is 2.93. The molecule has 0 spiro atoms. The molecule has 0 saturated carbocycles. The predicted molar refractivity (Wildman–Crippen MR) is 93.1 cm³/mol. The Morgan fingerprint density at radius 2 is 1.96 bits per heavy atom. The van der Waals surface area contributed by atoms with Gasteiger partial charge < -0.3 is 9.84 Å². The Morgan fingerprint density at radius 3 is 2.69 bits per heavy atom. The van der Waals surface area contributed by atoms with E-state index < -0.39 is 30.2 Å². The third kappa shape index (κ3) is 3.97. The van der Waals surface area contributed by atoms with E-state index in [-0.39, 0.29) is 30.2 Å². The Hall–Kier alpha value is -2.18. The summed E-state index contributed by atoms with van der Waals surface area (Å²) in [6.45, 7) is -0.275. The molecule has 3 atom stereocenters. The summed E-state index contributed by atoms with van der Waals surface area (Å²) in [7, 11) is 0. The molecule has 1 heterocycles. The SMILES string of the molecule is O=C(OCc1ccccc1)N1CC(F)C(O)C1Cc1cccc(Cl)c1F. The lowest BCUT2D eigenvalue weighted by atomic mass is 10.0. The van der Waals surface area contributed by atoms with Gasteiger partial charge in [-0.25, -0.2) is 13.6 Å². The summed E-state index contributed by atoms with van der Waals surface area (Å²) in [6, 6.07) is 12.6. The van der Waals surface area contributed by atoms with Gasteiger partial charge in [0.05, 0.1) is 17.6 Å². The standard InChI is InChI=1S/C19H18ClF2NO3/c20-14-8-4-7-13(17(14)22)9-16-18(24)15(21)10-23(16)19(25)26-11-12-5-2-1-3-6-12/h1-8,15-16,18,24H,9-11H2. The van der Waals surface area contributed by atoms with Gasteiger partial charge in [-0.05, 0) is 23.6 Å². The second-order valence-electron chi connectivity index (χ2n) is 6.18. The predicted octanol–water partition coefficient (Wildman–Crippen LogP) is 3.74. The molecule has 0 aliphatic carbocycles. The quantitative estimate of drug-likeness (QED) is 0.877. The van der Waals surface area contributed by atoms with Gasteiger partial charge in [0.25, 0.3) is 0 Å². The molecule has 3 unspecified atom stereocenters. The topological polar surface area (TPSA) is 49.8 Å². The molecule has 0 aromatic heterocycles. The zero-order valence-corrected chi connectivity index (χ0v) is 14.6. The van der Waals surface area contributed by atoms with Gasteiger partial charge >= 0.3 is 6.09 Å². The molecule has 1 saturated heterocycles. The first-order valence-electron chi connectivity index (χ1n) is 8.19. The zero-order chi connectivity index (χ0) is 18.7. The molecular formula is C19H18ClF2NO3. The maximum atomic E-state index is 14.1. The molecule has 3 rings (SSSR count). The number of likely N-dealkylation sites (tertiary alicyclic amines) is 1. The molecule has 138 valence electrons. The van der Waals surface area contributed by atoms with Crippen molar-refractivity contribution in [3.05, 3.63) is 70.5 Å². The fourth-order valence-corrected chi connectivity index (χ4v) is 3.23. The van der Waals surface area contributed by atoms with Crippen LogP contribution in [0.15, 0.2) is 48.5 Å². The van der Waals surface area contributed by atoms with E-state index >= 15 is 0 Å². The second-order valence-corrected chi connectivity index (χ2v) is 6.59. The first kappa shape index (κ1) is 18.6.